The lowest BCUT2D eigenvalue weighted by Crippen LogP contribution is -2.24. The van der Waals surface area contributed by atoms with Crippen molar-refractivity contribution in [1.82, 2.24) is 4.90 Å². The van der Waals surface area contributed by atoms with Crippen molar-refractivity contribution in [3.8, 4) is 0 Å². The van der Waals surface area contributed by atoms with Crippen LogP contribution in [0.2, 0.25) is 0 Å². The lowest BCUT2D eigenvalue weighted by atomic mass is 10.1. The van der Waals surface area contributed by atoms with Crippen molar-refractivity contribution in [2.75, 3.05) is 32.6 Å². The van der Waals surface area contributed by atoms with Crippen LogP contribution >= 0.6 is 11.6 Å². The molecule has 0 saturated heterocycles. The number of hydrogen-bond donors (Lipinski definition) is 1. The van der Waals surface area contributed by atoms with Crippen LogP contribution in [0.1, 0.15) is 19.8 Å². The van der Waals surface area contributed by atoms with Gasteiger partial charge in [0.2, 0.25) is 0 Å². The van der Waals surface area contributed by atoms with Gasteiger partial charge in [0, 0.05) is 12.4 Å². The summed E-state index contributed by atoms with van der Waals surface area (Å²) in [6.07, 6.45) is 2.26. The van der Waals surface area contributed by atoms with Crippen LogP contribution in [0.3, 0.4) is 0 Å². The summed E-state index contributed by atoms with van der Waals surface area (Å²) < 4.78 is 0. The summed E-state index contributed by atoms with van der Waals surface area (Å²) in [5.74, 6) is 1.45. The minimum Gasteiger partial charge on any atom is -0.395 e. The Morgan fingerprint density at radius 1 is 1.33 bits per heavy atom. The second-order valence-electron chi connectivity index (χ2n) is 3.40. The van der Waals surface area contributed by atoms with E-state index in [1.54, 1.807) is 0 Å². The van der Waals surface area contributed by atoms with E-state index in [0.29, 0.717) is 5.92 Å². The van der Waals surface area contributed by atoms with Crippen molar-refractivity contribution in [2.24, 2.45) is 5.92 Å². The molecule has 0 heterocycles. The Bertz CT molecular complexity index is 88.5. The average molecular weight is 194 g/mol. The van der Waals surface area contributed by atoms with Gasteiger partial charge in [0.15, 0.2) is 0 Å². The fourth-order valence-electron chi connectivity index (χ4n) is 1.05. The Kier molecular flexibility index (Phi) is 7.98. The zero-order chi connectivity index (χ0) is 9.40. The van der Waals surface area contributed by atoms with E-state index in [-0.39, 0.29) is 6.61 Å². The van der Waals surface area contributed by atoms with E-state index in [1.807, 2.05) is 7.05 Å². The van der Waals surface area contributed by atoms with E-state index < -0.39 is 0 Å². The normalized spacial score (nSPS) is 13.8. The summed E-state index contributed by atoms with van der Waals surface area (Å²) >= 11 is 5.62. The maximum atomic E-state index is 8.64. The van der Waals surface area contributed by atoms with Gasteiger partial charge in [-0.3, -0.25) is 0 Å². The summed E-state index contributed by atoms with van der Waals surface area (Å²) in [4.78, 5) is 2.14. The first-order valence-electron chi connectivity index (χ1n) is 4.56. The number of rotatable bonds is 7. The minimum atomic E-state index is 0.250. The van der Waals surface area contributed by atoms with Gasteiger partial charge in [-0.2, -0.15) is 0 Å². The number of alkyl halides is 1. The highest BCUT2D eigenvalue weighted by Crippen LogP contribution is 2.08. The highest BCUT2D eigenvalue weighted by Gasteiger charge is 2.03. The van der Waals surface area contributed by atoms with Gasteiger partial charge >= 0.3 is 0 Å². The van der Waals surface area contributed by atoms with Crippen LogP contribution in [0.5, 0.6) is 0 Å². The maximum Gasteiger partial charge on any atom is 0.0558 e. The topological polar surface area (TPSA) is 23.5 Å². The van der Waals surface area contributed by atoms with E-state index in [2.05, 4.69) is 11.8 Å². The van der Waals surface area contributed by atoms with Crippen LogP contribution in [0.25, 0.3) is 0 Å². The molecular formula is C9H20ClNO. The molecule has 2 nitrogen and oxygen atoms in total. The molecule has 1 unspecified atom stereocenters. The Labute approximate surface area is 80.5 Å². The van der Waals surface area contributed by atoms with E-state index >= 15 is 0 Å². The minimum absolute atomic E-state index is 0.250. The predicted molar refractivity (Wildman–Crippen MR) is 53.7 cm³/mol. The fraction of sp³-hybridized carbons (Fsp3) is 1.00. The van der Waals surface area contributed by atoms with E-state index in [4.69, 9.17) is 16.7 Å². The van der Waals surface area contributed by atoms with E-state index in [0.717, 1.165) is 25.4 Å². The SMILES string of the molecule is CC(CCCl)CCN(C)CCO. The number of nitrogens with zero attached hydrogens (tertiary/aromatic N) is 1. The first-order valence-corrected chi connectivity index (χ1v) is 5.09. The number of hydrogen-bond acceptors (Lipinski definition) is 2. The van der Waals surface area contributed by atoms with Gasteiger partial charge in [-0.15, -0.1) is 11.6 Å². The monoisotopic (exact) mass is 193 g/mol. The zero-order valence-electron chi connectivity index (χ0n) is 8.09. The van der Waals surface area contributed by atoms with Crippen LogP contribution in [0, 0.1) is 5.92 Å². The molecule has 0 fully saturated rings. The third kappa shape index (κ3) is 6.89. The summed E-state index contributed by atoms with van der Waals surface area (Å²) in [6.45, 7) is 4.29. The lowest BCUT2D eigenvalue weighted by Gasteiger charge is -2.17. The molecule has 0 amide bonds. The highest BCUT2D eigenvalue weighted by molar-refractivity contribution is 6.17. The van der Waals surface area contributed by atoms with Crippen molar-refractivity contribution >= 4 is 11.6 Å². The zero-order valence-corrected chi connectivity index (χ0v) is 8.85. The molecule has 0 radical (unpaired) electrons. The average Bonchev–Trinajstić information content (AvgIpc) is 2.02. The van der Waals surface area contributed by atoms with Gasteiger partial charge in [0.05, 0.1) is 6.61 Å². The Morgan fingerprint density at radius 2 is 2.00 bits per heavy atom. The maximum absolute atomic E-state index is 8.64. The molecule has 74 valence electrons. The Balaban J connectivity index is 3.27. The molecule has 1 atom stereocenters. The molecule has 0 aromatic carbocycles. The summed E-state index contributed by atoms with van der Waals surface area (Å²) in [6, 6.07) is 0. The van der Waals surface area contributed by atoms with Crippen LogP contribution < -0.4 is 0 Å². The number of aliphatic hydroxyl groups is 1. The van der Waals surface area contributed by atoms with Gasteiger partial charge in [-0.25, -0.2) is 0 Å². The fourth-order valence-corrected chi connectivity index (χ4v) is 1.43. The molecule has 0 aliphatic rings. The number of likely N-dealkylation sites (N-methyl/N-ethyl adjacent to an activating group) is 1. The van der Waals surface area contributed by atoms with Crippen molar-refractivity contribution in [3.05, 3.63) is 0 Å². The largest absolute Gasteiger partial charge is 0.395 e. The van der Waals surface area contributed by atoms with Gasteiger partial charge in [-0.1, -0.05) is 6.92 Å². The second-order valence-corrected chi connectivity index (χ2v) is 3.78. The van der Waals surface area contributed by atoms with Gasteiger partial charge in [0.1, 0.15) is 0 Å². The standard InChI is InChI=1S/C9H20ClNO/c1-9(3-5-10)4-6-11(2)7-8-12/h9,12H,3-8H2,1-2H3. The first kappa shape index (κ1) is 12.2. The van der Waals surface area contributed by atoms with Crippen LogP contribution in [0.4, 0.5) is 0 Å². The molecule has 0 aliphatic heterocycles. The smallest absolute Gasteiger partial charge is 0.0558 e. The number of halogens is 1. The molecule has 1 N–H and O–H groups in total. The third-order valence-electron chi connectivity index (χ3n) is 2.09. The number of aliphatic hydroxyl groups excluding tert-OH is 1. The van der Waals surface area contributed by atoms with Crippen molar-refractivity contribution in [1.29, 1.82) is 0 Å². The van der Waals surface area contributed by atoms with Crippen LogP contribution in [0.15, 0.2) is 0 Å². The molecule has 0 bridgehead atoms. The molecule has 0 aliphatic carbocycles. The van der Waals surface area contributed by atoms with Crippen molar-refractivity contribution in [3.63, 3.8) is 0 Å². The summed E-state index contributed by atoms with van der Waals surface area (Å²) in [7, 11) is 2.03. The van der Waals surface area contributed by atoms with Crippen molar-refractivity contribution < 1.29 is 5.11 Å². The quantitative estimate of drug-likeness (QED) is 0.621. The van der Waals surface area contributed by atoms with Gasteiger partial charge < -0.3 is 10.0 Å². The molecular weight excluding hydrogens is 174 g/mol. The lowest BCUT2D eigenvalue weighted by molar-refractivity contribution is 0.214. The Hall–Kier alpha value is 0.210. The molecule has 0 saturated carbocycles. The summed E-state index contributed by atoms with van der Waals surface area (Å²) in [5, 5.41) is 8.64. The molecule has 0 spiro atoms. The van der Waals surface area contributed by atoms with E-state index in [1.165, 1.54) is 6.42 Å². The predicted octanol–water partition coefficient (Wildman–Crippen LogP) is 1.57. The first-order chi connectivity index (χ1) is 5.70. The molecule has 0 aromatic heterocycles. The third-order valence-corrected chi connectivity index (χ3v) is 2.31. The summed E-state index contributed by atoms with van der Waals surface area (Å²) in [5.41, 5.74) is 0. The van der Waals surface area contributed by atoms with Crippen molar-refractivity contribution in [2.45, 2.75) is 19.8 Å². The van der Waals surface area contributed by atoms with E-state index in [9.17, 15) is 0 Å². The van der Waals surface area contributed by atoms with Gasteiger partial charge in [0.25, 0.3) is 0 Å². The van der Waals surface area contributed by atoms with Crippen LogP contribution in [-0.4, -0.2) is 42.6 Å². The Morgan fingerprint density at radius 3 is 2.50 bits per heavy atom. The highest BCUT2D eigenvalue weighted by atomic mass is 35.5. The molecule has 0 aromatic rings. The molecule has 0 rings (SSSR count). The molecule has 12 heavy (non-hydrogen) atoms. The molecule has 3 heteroatoms. The van der Waals surface area contributed by atoms with Crippen LogP contribution in [-0.2, 0) is 0 Å². The van der Waals surface area contributed by atoms with Gasteiger partial charge in [-0.05, 0) is 32.4 Å². The second kappa shape index (κ2) is 7.84.